The Morgan fingerprint density at radius 2 is 2.19 bits per heavy atom. The summed E-state index contributed by atoms with van der Waals surface area (Å²) in [5, 5.41) is 7.66. The Labute approximate surface area is 126 Å². The maximum atomic E-state index is 5.28. The summed E-state index contributed by atoms with van der Waals surface area (Å²) in [5.41, 5.74) is 1.26. The molecule has 0 saturated carbocycles. The lowest BCUT2D eigenvalue weighted by molar-refractivity contribution is 0.413. The summed E-state index contributed by atoms with van der Waals surface area (Å²) < 4.78 is 7.28. The molecule has 1 aromatic heterocycles. The van der Waals surface area contributed by atoms with Crippen molar-refractivity contribution in [2.24, 2.45) is 0 Å². The molecule has 1 heterocycles. The Hall–Kier alpha value is -1.88. The van der Waals surface area contributed by atoms with Gasteiger partial charge in [0.1, 0.15) is 17.9 Å². The quantitative estimate of drug-likeness (QED) is 0.808. The number of aryl methyl sites for hydroxylation is 1. The Balaban J connectivity index is 2.03. The van der Waals surface area contributed by atoms with Gasteiger partial charge >= 0.3 is 0 Å². The van der Waals surface area contributed by atoms with Crippen LogP contribution in [0.1, 0.15) is 24.7 Å². The van der Waals surface area contributed by atoms with Crippen LogP contribution in [-0.4, -0.2) is 35.0 Å². The molecule has 0 aliphatic carbocycles. The predicted octanol–water partition coefficient (Wildman–Crippen LogP) is 2.07. The highest BCUT2D eigenvalue weighted by molar-refractivity contribution is 5.29. The van der Waals surface area contributed by atoms with Crippen molar-refractivity contribution in [2.75, 3.05) is 14.2 Å². The van der Waals surface area contributed by atoms with Crippen LogP contribution in [0.2, 0.25) is 0 Å². The molecule has 0 aliphatic rings. The summed E-state index contributed by atoms with van der Waals surface area (Å²) in [4.78, 5) is 4.39. The van der Waals surface area contributed by atoms with Crippen LogP contribution >= 0.6 is 0 Å². The number of hydrogen-bond acceptors (Lipinski definition) is 4. The van der Waals surface area contributed by atoms with Gasteiger partial charge in [-0.15, -0.1) is 0 Å². The van der Waals surface area contributed by atoms with E-state index in [-0.39, 0.29) is 0 Å². The second kappa shape index (κ2) is 7.78. The van der Waals surface area contributed by atoms with E-state index < -0.39 is 0 Å². The van der Waals surface area contributed by atoms with Crippen molar-refractivity contribution in [1.82, 2.24) is 20.1 Å². The largest absolute Gasteiger partial charge is 0.497 e. The van der Waals surface area contributed by atoms with Crippen molar-refractivity contribution in [3.05, 3.63) is 42.0 Å². The Kier molecular flexibility index (Phi) is 5.75. The third-order valence-corrected chi connectivity index (χ3v) is 3.58. The molecule has 5 nitrogen and oxygen atoms in total. The molecule has 1 atom stereocenters. The van der Waals surface area contributed by atoms with Crippen LogP contribution in [0.4, 0.5) is 0 Å². The molecule has 0 spiro atoms. The highest BCUT2D eigenvalue weighted by Crippen LogP contribution is 2.15. The van der Waals surface area contributed by atoms with Crippen molar-refractivity contribution in [1.29, 1.82) is 0 Å². The number of likely N-dealkylation sites (N-methyl/N-ethyl adjacent to an activating group) is 1. The molecule has 2 aromatic rings. The smallest absolute Gasteiger partial charge is 0.138 e. The third-order valence-electron chi connectivity index (χ3n) is 3.58. The van der Waals surface area contributed by atoms with E-state index in [0.29, 0.717) is 6.04 Å². The first-order valence-electron chi connectivity index (χ1n) is 7.43. The zero-order valence-corrected chi connectivity index (χ0v) is 13.0. The number of aromatic nitrogens is 3. The van der Waals surface area contributed by atoms with E-state index in [0.717, 1.165) is 37.4 Å². The second-order valence-corrected chi connectivity index (χ2v) is 5.14. The molecule has 1 aromatic carbocycles. The summed E-state index contributed by atoms with van der Waals surface area (Å²) in [5.74, 6) is 1.94. The molecule has 114 valence electrons. The average Bonchev–Trinajstić information content (AvgIpc) is 2.94. The summed E-state index contributed by atoms with van der Waals surface area (Å²) in [7, 11) is 3.69. The summed E-state index contributed by atoms with van der Waals surface area (Å²) in [6.07, 6.45) is 4.51. The summed E-state index contributed by atoms with van der Waals surface area (Å²) in [6.45, 7) is 3.07. The fourth-order valence-electron chi connectivity index (χ4n) is 2.43. The molecule has 0 radical (unpaired) electrons. The molecule has 0 saturated heterocycles. The highest BCUT2D eigenvalue weighted by Gasteiger charge is 2.13. The SMILES string of the molecule is CCCn1ncnc1CC(Cc1cccc(OC)c1)NC. The van der Waals surface area contributed by atoms with Crippen LogP contribution in [0.15, 0.2) is 30.6 Å². The van der Waals surface area contributed by atoms with E-state index in [4.69, 9.17) is 4.74 Å². The minimum absolute atomic E-state index is 0.330. The van der Waals surface area contributed by atoms with Gasteiger partial charge < -0.3 is 10.1 Å². The minimum atomic E-state index is 0.330. The van der Waals surface area contributed by atoms with Crippen LogP contribution < -0.4 is 10.1 Å². The first-order valence-corrected chi connectivity index (χ1v) is 7.43. The van der Waals surface area contributed by atoms with Gasteiger partial charge in [-0.2, -0.15) is 5.10 Å². The maximum absolute atomic E-state index is 5.28. The van der Waals surface area contributed by atoms with Gasteiger partial charge in [0.15, 0.2) is 0 Å². The third kappa shape index (κ3) is 4.29. The lowest BCUT2D eigenvalue weighted by Gasteiger charge is -2.16. The Morgan fingerprint density at radius 3 is 2.90 bits per heavy atom. The molecule has 5 heteroatoms. The van der Waals surface area contributed by atoms with E-state index in [9.17, 15) is 0 Å². The number of ether oxygens (including phenoxy) is 1. The zero-order chi connectivity index (χ0) is 15.1. The van der Waals surface area contributed by atoms with Gasteiger partial charge in [0.2, 0.25) is 0 Å². The number of hydrogen-bond donors (Lipinski definition) is 1. The fourth-order valence-corrected chi connectivity index (χ4v) is 2.43. The predicted molar refractivity (Wildman–Crippen MR) is 83.6 cm³/mol. The molecular weight excluding hydrogens is 264 g/mol. The van der Waals surface area contributed by atoms with Crippen LogP contribution in [0.25, 0.3) is 0 Å². The van der Waals surface area contributed by atoms with Gasteiger partial charge in [0, 0.05) is 19.0 Å². The summed E-state index contributed by atoms with van der Waals surface area (Å²) in [6, 6.07) is 8.54. The molecule has 0 amide bonds. The van der Waals surface area contributed by atoms with Crippen molar-refractivity contribution >= 4 is 0 Å². The fraction of sp³-hybridized carbons (Fsp3) is 0.500. The Morgan fingerprint density at radius 1 is 1.33 bits per heavy atom. The normalized spacial score (nSPS) is 12.3. The number of benzene rings is 1. The lowest BCUT2D eigenvalue weighted by Crippen LogP contribution is -2.31. The first-order chi connectivity index (χ1) is 10.3. The highest BCUT2D eigenvalue weighted by atomic mass is 16.5. The molecule has 0 aliphatic heterocycles. The number of methoxy groups -OCH3 is 1. The van der Waals surface area contributed by atoms with E-state index >= 15 is 0 Å². The van der Waals surface area contributed by atoms with E-state index in [2.05, 4.69) is 34.5 Å². The molecule has 0 bridgehead atoms. The zero-order valence-electron chi connectivity index (χ0n) is 13.0. The second-order valence-electron chi connectivity index (χ2n) is 5.14. The molecule has 1 N–H and O–H groups in total. The van der Waals surface area contributed by atoms with Crippen molar-refractivity contribution in [2.45, 2.75) is 38.8 Å². The lowest BCUT2D eigenvalue weighted by atomic mass is 10.0. The average molecular weight is 288 g/mol. The van der Waals surface area contributed by atoms with Gasteiger partial charge in [-0.1, -0.05) is 19.1 Å². The van der Waals surface area contributed by atoms with Gasteiger partial charge in [-0.3, -0.25) is 4.68 Å². The van der Waals surface area contributed by atoms with Gasteiger partial charge in [-0.05, 0) is 37.6 Å². The van der Waals surface area contributed by atoms with Gasteiger partial charge in [0.05, 0.1) is 7.11 Å². The molecule has 0 fully saturated rings. The van der Waals surface area contributed by atoms with E-state index in [1.165, 1.54) is 5.56 Å². The van der Waals surface area contributed by atoms with Crippen LogP contribution in [0.3, 0.4) is 0 Å². The topological polar surface area (TPSA) is 52.0 Å². The van der Waals surface area contributed by atoms with Crippen molar-refractivity contribution in [3.8, 4) is 5.75 Å². The maximum Gasteiger partial charge on any atom is 0.138 e. The monoisotopic (exact) mass is 288 g/mol. The van der Waals surface area contributed by atoms with Gasteiger partial charge in [0.25, 0.3) is 0 Å². The van der Waals surface area contributed by atoms with Crippen LogP contribution in [-0.2, 0) is 19.4 Å². The molecule has 2 rings (SSSR count). The van der Waals surface area contributed by atoms with Crippen molar-refractivity contribution < 1.29 is 4.74 Å². The van der Waals surface area contributed by atoms with E-state index in [1.807, 2.05) is 23.9 Å². The van der Waals surface area contributed by atoms with E-state index in [1.54, 1.807) is 13.4 Å². The number of nitrogens with zero attached hydrogens (tertiary/aromatic N) is 3. The number of rotatable bonds is 8. The standard InChI is InChI=1S/C16H24N4O/c1-4-8-20-16(18-12-19-20)11-14(17-2)9-13-6-5-7-15(10-13)21-3/h5-7,10,12,14,17H,4,8-9,11H2,1-3H3. The first kappa shape index (κ1) is 15.5. The van der Waals surface area contributed by atoms with Crippen molar-refractivity contribution in [3.63, 3.8) is 0 Å². The molecule has 21 heavy (non-hydrogen) atoms. The Bertz CT molecular complexity index is 553. The molecule has 1 unspecified atom stereocenters. The van der Waals surface area contributed by atoms with Crippen LogP contribution in [0, 0.1) is 0 Å². The van der Waals surface area contributed by atoms with Crippen LogP contribution in [0.5, 0.6) is 5.75 Å². The molecular formula is C16H24N4O. The number of nitrogens with one attached hydrogen (secondary N) is 1. The van der Waals surface area contributed by atoms with Gasteiger partial charge in [-0.25, -0.2) is 4.98 Å². The summed E-state index contributed by atoms with van der Waals surface area (Å²) >= 11 is 0. The minimum Gasteiger partial charge on any atom is -0.497 e.